The Morgan fingerprint density at radius 3 is 2.36 bits per heavy atom. The number of pyridine rings is 1. The number of nitrogens with zero attached hydrogens (tertiary/aromatic N) is 2. The van der Waals surface area contributed by atoms with Gasteiger partial charge in [-0.2, -0.15) is 0 Å². The van der Waals surface area contributed by atoms with Crippen LogP contribution in [-0.2, 0) is 4.74 Å². The lowest BCUT2D eigenvalue weighted by Gasteiger charge is -2.19. The lowest BCUT2D eigenvalue weighted by atomic mass is 10.1. The van der Waals surface area contributed by atoms with Crippen LogP contribution < -0.4 is 0 Å². The highest BCUT2D eigenvalue weighted by molar-refractivity contribution is 5.84. The van der Waals surface area contributed by atoms with Crippen molar-refractivity contribution < 1.29 is 9.53 Å². The van der Waals surface area contributed by atoms with Crippen LogP contribution in [0.15, 0.2) is 54.7 Å². The van der Waals surface area contributed by atoms with E-state index in [-0.39, 0.29) is 6.09 Å². The van der Waals surface area contributed by atoms with Gasteiger partial charge in [0.2, 0.25) is 0 Å². The van der Waals surface area contributed by atoms with Crippen LogP contribution in [0.1, 0.15) is 25.1 Å². The van der Waals surface area contributed by atoms with E-state index in [1.807, 2.05) is 62.4 Å². The molecule has 0 aliphatic carbocycles. The molecular formula is C18H20N2O2. The molecule has 2 aromatic rings. The third-order valence-electron chi connectivity index (χ3n) is 3.24. The first-order valence-electron chi connectivity index (χ1n) is 7.39. The first-order chi connectivity index (χ1) is 10.7. The minimum Gasteiger partial charge on any atom is -0.409 e. The molecule has 4 heteroatoms. The summed E-state index contributed by atoms with van der Waals surface area (Å²) >= 11 is 0. The predicted octanol–water partition coefficient (Wildman–Crippen LogP) is 4.06. The second-order valence-electron chi connectivity index (χ2n) is 4.67. The number of aromatic nitrogens is 1. The molecule has 4 nitrogen and oxygen atoms in total. The second kappa shape index (κ2) is 7.98. The summed E-state index contributed by atoms with van der Waals surface area (Å²) in [5.41, 5.74) is 1.59. The van der Waals surface area contributed by atoms with E-state index in [0.29, 0.717) is 18.8 Å². The van der Waals surface area contributed by atoms with E-state index in [1.165, 1.54) is 0 Å². The third-order valence-corrected chi connectivity index (χ3v) is 3.24. The van der Waals surface area contributed by atoms with E-state index in [4.69, 9.17) is 4.74 Å². The van der Waals surface area contributed by atoms with E-state index in [9.17, 15) is 4.79 Å². The monoisotopic (exact) mass is 296 g/mol. The molecule has 1 amide bonds. The molecule has 0 aliphatic heterocycles. The number of amides is 1. The van der Waals surface area contributed by atoms with Crippen LogP contribution in [0, 0.1) is 0 Å². The van der Waals surface area contributed by atoms with Gasteiger partial charge in [-0.15, -0.1) is 0 Å². The molecule has 0 fully saturated rings. The van der Waals surface area contributed by atoms with Crippen molar-refractivity contribution in [2.75, 3.05) is 13.1 Å². The van der Waals surface area contributed by atoms with Crippen LogP contribution in [0.25, 0.3) is 11.8 Å². The second-order valence-corrected chi connectivity index (χ2v) is 4.67. The fourth-order valence-electron chi connectivity index (χ4n) is 2.01. The van der Waals surface area contributed by atoms with Crippen molar-refractivity contribution in [2.45, 2.75) is 13.8 Å². The molecule has 1 heterocycles. The van der Waals surface area contributed by atoms with Crippen LogP contribution in [0.3, 0.4) is 0 Å². The van der Waals surface area contributed by atoms with Gasteiger partial charge < -0.3 is 9.64 Å². The van der Waals surface area contributed by atoms with E-state index >= 15 is 0 Å². The Balaban J connectivity index is 2.31. The Morgan fingerprint density at radius 1 is 1.09 bits per heavy atom. The first kappa shape index (κ1) is 15.8. The topological polar surface area (TPSA) is 42.4 Å². The quantitative estimate of drug-likeness (QED) is 0.781. The molecule has 0 N–H and O–H groups in total. The van der Waals surface area contributed by atoms with Gasteiger partial charge in [0.05, 0.1) is 5.69 Å². The maximum atomic E-state index is 12.2. The molecule has 0 radical (unpaired) electrons. The molecule has 0 atom stereocenters. The van der Waals surface area contributed by atoms with Crippen molar-refractivity contribution >= 4 is 17.9 Å². The number of benzene rings is 1. The summed E-state index contributed by atoms with van der Waals surface area (Å²) in [4.78, 5) is 18.1. The largest absolute Gasteiger partial charge is 0.415 e. The summed E-state index contributed by atoms with van der Waals surface area (Å²) in [5, 5.41) is 0. The van der Waals surface area contributed by atoms with Gasteiger partial charge in [-0.3, -0.25) is 4.98 Å². The zero-order valence-electron chi connectivity index (χ0n) is 12.9. The summed E-state index contributed by atoms with van der Waals surface area (Å²) in [7, 11) is 0. The highest BCUT2D eigenvalue weighted by Crippen LogP contribution is 2.19. The lowest BCUT2D eigenvalue weighted by molar-refractivity contribution is 0.148. The standard InChI is InChI=1S/C18H20N2O2/c1-3-20(4-2)18(21)22-17(15-10-6-5-7-11-15)14-16-12-8-9-13-19-16/h5-14H,3-4H2,1-2H3/b17-14-. The fourth-order valence-corrected chi connectivity index (χ4v) is 2.01. The molecular weight excluding hydrogens is 276 g/mol. The Morgan fingerprint density at radius 2 is 1.77 bits per heavy atom. The summed E-state index contributed by atoms with van der Waals surface area (Å²) < 4.78 is 5.59. The van der Waals surface area contributed by atoms with Gasteiger partial charge in [-0.1, -0.05) is 36.4 Å². The zero-order valence-corrected chi connectivity index (χ0v) is 12.9. The van der Waals surface area contributed by atoms with Crippen LogP contribution in [0.4, 0.5) is 4.79 Å². The van der Waals surface area contributed by atoms with Gasteiger partial charge in [0, 0.05) is 30.9 Å². The van der Waals surface area contributed by atoms with Crippen LogP contribution in [-0.4, -0.2) is 29.1 Å². The number of hydrogen-bond acceptors (Lipinski definition) is 3. The van der Waals surface area contributed by atoms with Crippen molar-refractivity contribution in [3.05, 3.63) is 66.0 Å². The smallest absolute Gasteiger partial charge is 0.409 e. The summed E-state index contributed by atoms with van der Waals surface area (Å²) in [5.74, 6) is 0.496. The molecule has 0 saturated carbocycles. The molecule has 2 rings (SSSR count). The van der Waals surface area contributed by atoms with Crippen molar-refractivity contribution in [1.29, 1.82) is 0 Å². The summed E-state index contributed by atoms with van der Waals surface area (Å²) in [6, 6.07) is 15.2. The normalized spacial score (nSPS) is 11.1. The zero-order chi connectivity index (χ0) is 15.8. The molecule has 0 bridgehead atoms. The van der Waals surface area contributed by atoms with Gasteiger partial charge in [0.25, 0.3) is 0 Å². The Kier molecular flexibility index (Phi) is 5.72. The summed E-state index contributed by atoms with van der Waals surface area (Å²) in [6.07, 6.45) is 3.13. The third kappa shape index (κ3) is 4.19. The van der Waals surface area contributed by atoms with Crippen molar-refractivity contribution in [3.8, 4) is 0 Å². The number of carbonyl (C=O) groups is 1. The van der Waals surface area contributed by atoms with E-state index < -0.39 is 0 Å². The highest BCUT2D eigenvalue weighted by atomic mass is 16.6. The van der Waals surface area contributed by atoms with Gasteiger partial charge >= 0.3 is 6.09 Å². The molecule has 114 valence electrons. The first-order valence-corrected chi connectivity index (χ1v) is 7.39. The van der Waals surface area contributed by atoms with Crippen molar-refractivity contribution in [2.24, 2.45) is 0 Å². The molecule has 0 saturated heterocycles. The molecule has 1 aromatic carbocycles. The Hall–Kier alpha value is -2.62. The van der Waals surface area contributed by atoms with Gasteiger partial charge in [0.15, 0.2) is 0 Å². The van der Waals surface area contributed by atoms with Crippen LogP contribution in [0.2, 0.25) is 0 Å². The SMILES string of the molecule is CCN(CC)C(=O)O/C(=C\c1ccccn1)c1ccccc1. The average molecular weight is 296 g/mol. The number of ether oxygens (including phenoxy) is 1. The predicted molar refractivity (Wildman–Crippen MR) is 88.0 cm³/mol. The van der Waals surface area contributed by atoms with Crippen LogP contribution >= 0.6 is 0 Å². The maximum Gasteiger partial charge on any atom is 0.415 e. The van der Waals surface area contributed by atoms with E-state index in [2.05, 4.69) is 4.98 Å². The van der Waals surface area contributed by atoms with Crippen molar-refractivity contribution in [3.63, 3.8) is 0 Å². The van der Waals surface area contributed by atoms with Gasteiger partial charge in [0.1, 0.15) is 5.76 Å². The van der Waals surface area contributed by atoms with Crippen molar-refractivity contribution in [1.82, 2.24) is 9.88 Å². The fraction of sp³-hybridized carbons (Fsp3) is 0.222. The molecule has 0 spiro atoms. The molecule has 22 heavy (non-hydrogen) atoms. The summed E-state index contributed by atoms with van der Waals surface area (Å²) in [6.45, 7) is 5.08. The van der Waals surface area contributed by atoms with Gasteiger partial charge in [-0.25, -0.2) is 4.79 Å². The molecule has 0 unspecified atom stereocenters. The molecule has 0 aliphatic rings. The van der Waals surface area contributed by atoms with E-state index in [0.717, 1.165) is 11.3 Å². The molecule has 1 aromatic heterocycles. The highest BCUT2D eigenvalue weighted by Gasteiger charge is 2.15. The minimum atomic E-state index is -0.351. The minimum absolute atomic E-state index is 0.351. The van der Waals surface area contributed by atoms with Crippen LogP contribution in [0.5, 0.6) is 0 Å². The number of hydrogen-bond donors (Lipinski definition) is 0. The number of rotatable bonds is 5. The Labute approximate surface area is 131 Å². The average Bonchev–Trinajstić information content (AvgIpc) is 2.57. The van der Waals surface area contributed by atoms with E-state index in [1.54, 1.807) is 17.2 Å². The lowest BCUT2D eigenvalue weighted by Crippen LogP contribution is -2.30. The maximum absolute atomic E-state index is 12.2. The van der Waals surface area contributed by atoms with Gasteiger partial charge in [-0.05, 0) is 26.0 Å². The Bertz CT molecular complexity index is 620. The number of carbonyl (C=O) groups excluding carboxylic acids is 1.